The molecule has 0 atom stereocenters. The zero-order valence-electron chi connectivity index (χ0n) is 15.0. The second kappa shape index (κ2) is 9.94. The van der Waals surface area contributed by atoms with E-state index in [1.54, 1.807) is 6.07 Å². The summed E-state index contributed by atoms with van der Waals surface area (Å²) < 4.78 is 11.2. The predicted octanol–water partition coefficient (Wildman–Crippen LogP) is 2.72. The quantitative estimate of drug-likeness (QED) is 0.741. The van der Waals surface area contributed by atoms with Crippen molar-refractivity contribution in [3.63, 3.8) is 0 Å². The topological polar surface area (TPSA) is 50.8 Å². The van der Waals surface area contributed by atoms with Crippen molar-refractivity contribution in [1.29, 1.82) is 0 Å². The molecule has 1 fully saturated rings. The van der Waals surface area contributed by atoms with Crippen molar-refractivity contribution in [1.82, 2.24) is 10.2 Å². The van der Waals surface area contributed by atoms with E-state index in [1.165, 1.54) is 0 Å². The van der Waals surface area contributed by atoms with Crippen molar-refractivity contribution in [3.8, 4) is 5.75 Å². The number of carbonyl (C=O) groups excluding carboxylic acids is 1. The minimum Gasteiger partial charge on any atom is -0.488 e. The monoisotopic (exact) mass is 354 g/mol. The maximum atomic E-state index is 12.5. The average molecular weight is 354 g/mol. The lowest BCUT2D eigenvalue weighted by molar-refractivity contribution is 0.0374. The van der Waals surface area contributed by atoms with Crippen molar-refractivity contribution < 1.29 is 14.3 Å². The zero-order chi connectivity index (χ0) is 18.0. The fourth-order valence-corrected chi connectivity index (χ4v) is 2.94. The lowest BCUT2D eigenvalue weighted by atomic mass is 10.2. The van der Waals surface area contributed by atoms with Gasteiger partial charge >= 0.3 is 0 Å². The van der Waals surface area contributed by atoms with Gasteiger partial charge < -0.3 is 14.8 Å². The van der Waals surface area contributed by atoms with Gasteiger partial charge in [0.05, 0.1) is 18.8 Å². The minimum atomic E-state index is -0.0874. The predicted molar refractivity (Wildman–Crippen MR) is 101 cm³/mol. The van der Waals surface area contributed by atoms with Crippen LogP contribution in [0.25, 0.3) is 0 Å². The number of ether oxygens (including phenoxy) is 2. The number of nitrogens with zero attached hydrogens (tertiary/aromatic N) is 1. The molecule has 0 bridgehead atoms. The summed E-state index contributed by atoms with van der Waals surface area (Å²) in [5.41, 5.74) is 1.66. The Bertz CT molecular complexity index is 685. The largest absolute Gasteiger partial charge is 0.488 e. The minimum absolute atomic E-state index is 0.0874. The van der Waals surface area contributed by atoms with E-state index in [0.29, 0.717) is 24.5 Å². The van der Waals surface area contributed by atoms with Gasteiger partial charge in [0.15, 0.2) is 0 Å². The number of hydrogen-bond acceptors (Lipinski definition) is 4. The third kappa shape index (κ3) is 5.58. The number of carbonyl (C=O) groups is 1. The Hall–Kier alpha value is -2.37. The summed E-state index contributed by atoms with van der Waals surface area (Å²) in [4.78, 5) is 14.9. The Morgan fingerprint density at radius 2 is 1.77 bits per heavy atom. The molecule has 26 heavy (non-hydrogen) atoms. The van der Waals surface area contributed by atoms with Gasteiger partial charge in [-0.2, -0.15) is 0 Å². The second-order valence-electron chi connectivity index (χ2n) is 6.33. The first-order valence-corrected chi connectivity index (χ1v) is 9.17. The van der Waals surface area contributed by atoms with Crippen LogP contribution in [-0.2, 0) is 11.3 Å². The van der Waals surface area contributed by atoms with E-state index in [9.17, 15) is 4.79 Å². The highest BCUT2D eigenvalue weighted by Crippen LogP contribution is 2.19. The summed E-state index contributed by atoms with van der Waals surface area (Å²) >= 11 is 0. The van der Waals surface area contributed by atoms with Crippen LogP contribution in [0.2, 0.25) is 0 Å². The van der Waals surface area contributed by atoms with Crippen molar-refractivity contribution in [3.05, 3.63) is 65.7 Å². The number of nitrogens with one attached hydrogen (secondary N) is 1. The summed E-state index contributed by atoms with van der Waals surface area (Å²) in [5, 5.41) is 3.00. The number of rotatable bonds is 8. The molecule has 138 valence electrons. The highest BCUT2D eigenvalue weighted by Gasteiger charge is 2.13. The molecule has 0 aromatic heterocycles. The molecule has 5 heteroatoms. The highest BCUT2D eigenvalue weighted by atomic mass is 16.5. The SMILES string of the molecule is O=C(NCCCN1CCOCC1)c1ccccc1OCc1ccccc1. The summed E-state index contributed by atoms with van der Waals surface area (Å²) in [6.45, 7) is 5.65. The summed E-state index contributed by atoms with van der Waals surface area (Å²) in [7, 11) is 0. The highest BCUT2D eigenvalue weighted by molar-refractivity contribution is 5.96. The Kier molecular flexibility index (Phi) is 7.05. The van der Waals surface area contributed by atoms with Crippen LogP contribution in [0.5, 0.6) is 5.75 Å². The molecule has 2 aromatic carbocycles. The van der Waals surface area contributed by atoms with Crippen LogP contribution >= 0.6 is 0 Å². The van der Waals surface area contributed by atoms with E-state index in [0.717, 1.165) is 44.8 Å². The summed E-state index contributed by atoms with van der Waals surface area (Å²) in [6.07, 6.45) is 0.929. The Morgan fingerprint density at radius 1 is 1.04 bits per heavy atom. The number of benzene rings is 2. The van der Waals surface area contributed by atoms with Gasteiger partial charge in [-0.1, -0.05) is 42.5 Å². The molecular formula is C21H26N2O3. The molecule has 0 radical (unpaired) electrons. The molecule has 3 rings (SSSR count). The summed E-state index contributed by atoms with van der Waals surface area (Å²) in [5.74, 6) is 0.526. The van der Waals surface area contributed by atoms with Gasteiger partial charge in [0.25, 0.3) is 5.91 Å². The number of hydrogen-bond donors (Lipinski definition) is 1. The molecule has 1 heterocycles. The Labute approximate surface area is 154 Å². The van der Waals surface area contributed by atoms with Crippen molar-refractivity contribution in [2.24, 2.45) is 0 Å². The second-order valence-corrected chi connectivity index (χ2v) is 6.33. The maximum Gasteiger partial charge on any atom is 0.255 e. The molecule has 1 aliphatic heterocycles. The molecule has 0 aliphatic carbocycles. The molecule has 1 amide bonds. The maximum absolute atomic E-state index is 12.5. The lowest BCUT2D eigenvalue weighted by Gasteiger charge is -2.26. The number of amides is 1. The van der Waals surface area contributed by atoms with Crippen molar-refractivity contribution in [2.45, 2.75) is 13.0 Å². The van der Waals surface area contributed by atoms with Crippen LogP contribution in [-0.4, -0.2) is 50.2 Å². The van der Waals surface area contributed by atoms with Gasteiger partial charge in [-0.15, -0.1) is 0 Å². The van der Waals surface area contributed by atoms with E-state index >= 15 is 0 Å². The van der Waals surface area contributed by atoms with E-state index < -0.39 is 0 Å². The Morgan fingerprint density at radius 3 is 2.58 bits per heavy atom. The van der Waals surface area contributed by atoms with Crippen LogP contribution in [0.3, 0.4) is 0 Å². The van der Waals surface area contributed by atoms with Crippen LogP contribution in [0.15, 0.2) is 54.6 Å². The normalized spacial score (nSPS) is 14.8. The average Bonchev–Trinajstić information content (AvgIpc) is 2.71. The molecular weight excluding hydrogens is 328 g/mol. The van der Waals surface area contributed by atoms with Crippen LogP contribution in [0, 0.1) is 0 Å². The molecule has 1 N–H and O–H groups in total. The molecule has 1 aliphatic rings. The van der Waals surface area contributed by atoms with Gasteiger partial charge in [-0.3, -0.25) is 9.69 Å². The Balaban J connectivity index is 1.47. The number of morpholine rings is 1. The van der Waals surface area contributed by atoms with E-state index in [-0.39, 0.29) is 5.91 Å². The molecule has 1 saturated heterocycles. The third-order valence-corrected chi connectivity index (χ3v) is 4.41. The van der Waals surface area contributed by atoms with Gasteiger partial charge in [0, 0.05) is 19.6 Å². The van der Waals surface area contributed by atoms with Gasteiger partial charge in [0.2, 0.25) is 0 Å². The molecule has 2 aromatic rings. The lowest BCUT2D eigenvalue weighted by Crippen LogP contribution is -2.38. The van der Waals surface area contributed by atoms with Gasteiger partial charge in [-0.25, -0.2) is 0 Å². The van der Waals surface area contributed by atoms with Gasteiger partial charge in [-0.05, 0) is 30.7 Å². The fourth-order valence-electron chi connectivity index (χ4n) is 2.94. The van der Waals surface area contributed by atoms with Crippen LogP contribution in [0.4, 0.5) is 0 Å². The van der Waals surface area contributed by atoms with E-state index in [2.05, 4.69) is 10.2 Å². The molecule has 0 saturated carbocycles. The summed E-state index contributed by atoms with van der Waals surface area (Å²) in [6, 6.07) is 17.3. The molecule has 0 unspecified atom stereocenters. The third-order valence-electron chi connectivity index (χ3n) is 4.41. The van der Waals surface area contributed by atoms with E-state index in [4.69, 9.17) is 9.47 Å². The molecule has 5 nitrogen and oxygen atoms in total. The smallest absolute Gasteiger partial charge is 0.255 e. The standard InChI is InChI=1S/C21H26N2O3/c24-21(22-11-6-12-23-13-15-25-16-14-23)19-9-4-5-10-20(19)26-17-18-7-2-1-3-8-18/h1-5,7-10H,6,11-17H2,(H,22,24). The van der Waals surface area contributed by atoms with E-state index in [1.807, 2.05) is 48.5 Å². The first-order valence-electron chi connectivity index (χ1n) is 9.17. The number of para-hydroxylation sites is 1. The van der Waals surface area contributed by atoms with Crippen LogP contribution in [0.1, 0.15) is 22.3 Å². The first kappa shape index (κ1) is 18.4. The zero-order valence-corrected chi connectivity index (χ0v) is 15.0. The van der Waals surface area contributed by atoms with Crippen molar-refractivity contribution in [2.75, 3.05) is 39.4 Å². The first-order chi connectivity index (χ1) is 12.8. The fraction of sp³-hybridized carbons (Fsp3) is 0.381. The van der Waals surface area contributed by atoms with Gasteiger partial charge in [0.1, 0.15) is 12.4 Å². The van der Waals surface area contributed by atoms with Crippen molar-refractivity contribution >= 4 is 5.91 Å². The molecule has 0 spiro atoms. The van der Waals surface area contributed by atoms with Crippen LogP contribution < -0.4 is 10.1 Å².